The monoisotopic (exact) mass is 444 g/mol. The average molecular weight is 445 g/mol. The molecule has 0 amide bonds. The molecule has 0 unspecified atom stereocenters. The van der Waals surface area contributed by atoms with Gasteiger partial charge in [-0.05, 0) is 53.6 Å². The Kier molecular flexibility index (Phi) is 7.08. The lowest BCUT2D eigenvalue weighted by Gasteiger charge is -2.14. The van der Waals surface area contributed by atoms with Gasteiger partial charge >= 0.3 is 11.6 Å². The van der Waals surface area contributed by atoms with E-state index in [1.54, 1.807) is 18.2 Å². The van der Waals surface area contributed by atoms with E-state index in [4.69, 9.17) is 13.9 Å². The summed E-state index contributed by atoms with van der Waals surface area (Å²) in [6, 6.07) is 18.6. The molecule has 0 spiro atoms. The van der Waals surface area contributed by atoms with Crippen LogP contribution in [0.15, 0.2) is 69.9 Å². The predicted molar refractivity (Wildman–Crippen MR) is 130 cm³/mol. The van der Waals surface area contributed by atoms with Crippen LogP contribution in [0, 0.1) is 0 Å². The van der Waals surface area contributed by atoms with E-state index in [2.05, 4.69) is 13.0 Å². The van der Waals surface area contributed by atoms with E-state index in [0.717, 1.165) is 46.9 Å². The Labute approximate surface area is 192 Å². The minimum atomic E-state index is -0.367. The number of esters is 1. The van der Waals surface area contributed by atoms with Crippen LogP contribution >= 0.6 is 0 Å². The first-order chi connectivity index (χ1) is 16.1. The third-order valence-corrected chi connectivity index (χ3v) is 5.87. The van der Waals surface area contributed by atoms with E-state index in [1.165, 1.54) is 20.0 Å². The highest BCUT2D eigenvalue weighted by Crippen LogP contribution is 2.31. The molecule has 0 aliphatic carbocycles. The zero-order chi connectivity index (χ0) is 23.2. The van der Waals surface area contributed by atoms with E-state index < -0.39 is 0 Å². The first-order valence-electron chi connectivity index (χ1n) is 11.4. The van der Waals surface area contributed by atoms with Gasteiger partial charge in [-0.25, -0.2) is 9.59 Å². The SMILES string of the molecule is CCCCCCc1cc2c(cc1OCc1ccc(C(=O)OC)cc1)oc(=O)c1ccccc12. The van der Waals surface area contributed by atoms with E-state index in [-0.39, 0.29) is 11.6 Å². The first-order valence-corrected chi connectivity index (χ1v) is 11.4. The average Bonchev–Trinajstić information content (AvgIpc) is 2.85. The topological polar surface area (TPSA) is 65.7 Å². The summed E-state index contributed by atoms with van der Waals surface area (Å²) in [7, 11) is 1.36. The molecule has 170 valence electrons. The second-order valence-corrected chi connectivity index (χ2v) is 8.18. The van der Waals surface area contributed by atoms with Crippen LogP contribution in [0.3, 0.4) is 0 Å². The minimum absolute atomic E-state index is 0.340. The third-order valence-electron chi connectivity index (χ3n) is 5.87. The number of methoxy groups -OCH3 is 1. The van der Waals surface area contributed by atoms with Gasteiger partial charge in [-0.3, -0.25) is 0 Å². The fraction of sp³-hybridized carbons (Fsp3) is 0.286. The molecule has 4 rings (SSSR count). The summed E-state index contributed by atoms with van der Waals surface area (Å²) in [5.41, 5.74) is 2.70. The number of ether oxygens (including phenoxy) is 2. The fourth-order valence-electron chi connectivity index (χ4n) is 4.04. The number of rotatable bonds is 9. The van der Waals surface area contributed by atoms with Gasteiger partial charge in [0.1, 0.15) is 17.9 Å². The smallest absolute Gasteiger partial charge is 0.344 e. The number of unbranched alkanes of at least 4 members (excludes halogenated alkanes) is 3. The fourth-order valence-corrected chi connectivity index (χ4v) is 4.04. The molecule has 0 aliphatic rings. The van der Waals surface area contributed by atoms with Gasteiger partial charge in [0, 0.05) is 11.5 Å². The van der Waals surface area contributed by atoms with Crippen molar-refractivity contribution in [2.45, 2.75) is 45.6 Å². The molecule has 5 nitrogen and oxygen atoms in total. The third kappa shape index (κ3) is 5.08. The largest absolute Gasteiger partial charge is 0.488 e. The molecule has 0 saturated heterocycles. The van der Waals surface area contributed by atoms with Gasteiger partial charge in [-0.1, -0.05) is 56.5 Å². The van der Waals surface area contributed by atoms with E-state index in [1.807, 2.05) is 36.4 Å². The Hall–Kier alpha value is -3.60. The molecule has 0 aliphatic heterocycles. The van der Waals surface area contributed by atoms with E-state index in [9.17, 15) is 9.59 Å². The van der Waals surface area contributed by atoms with Crippen molar-refractivity contribution in [3.05, 3.63) is 87.8 Å². The lowest BCUT2D eigenvalue weighted by atomic mass is 10.0. The van der Waals surface area contributed by atoms with Gasteiger partial charge in [-0.2, -0.15) is 0 Å². The van der Waals surface area contributed by atoms with Gasteiger partial charge in [0.15, 0.2) is 0 Å². The van der Waals surface area contributed by atoms with Crippen LogP contribution in [-0.4, -0.2) is 13.1 Å². The number of carbonyl (C=O) groups excluding carboxylic acids is 1. The maximum atomic E-state index is 12.5. The van der Waals surface area contributed by atoms with Crippen LogP contribution in [0.2, 0.25) is 0 Å². The first kappa shape index (κ1) is 22.6. The number of carbonyl (C=O) groups is 1. The van der Waals surface area contributed by atoms with Crippen molar-refractivity contribution in [1.29, 1.82) is 0 Å². The Morgan fingerprint density at radius 2 is 1.67 bits per heavy atom. The molecule has 0 N–H and O–H groups in total. The van der Waals surface area contributed by atoms with Gasteiger partial charge < -0.3 is 13.9 Å². The summed E-state index contributed by atoms with van der Waals surface area (Å²) < 4.78 is 16.6. The zero-order valence-corrected chi connectivity index (χ0v) is 19.1. The zero-order valence-electron chi connectivity index (χ0n) is 19.1. The maximum absolute atomic E-state index is 12.5. The summed E-state index contributed by atoms with van der Waals surface area (Å²) in [5, 5.41) is 2.40. The molecule has 0 fully saturated rings. The van der Waals surface area contributed by atoms with E-state index in [0.29, 0.717) is 23.1 Å². The summed E-state index contributed by atoms with van der Waals surface area (Å²) in [5.74, 6) is 0.350. The second kappa shape index (κ2) is 10.3. The molecule has 5 heteroatoms. The van der Waals surface area contributed by atoms with Crippen molar-refractivity contribution in [2.75, 3.05) is 7.11 Å². The molecular formula is C28H28O5. The van der Waals surface area contributed by atoms with Crippen LogP contribution < -0.4 is 10.4 Å². The molecule has 0 saturated carbocycles. The molecule has 33 heavy (non-hydrogen) atoms. The highest BCUT2D eigenvalue weighted by Gasteiger charge is 2.13. The Balaban J connectivity index is 1.66. The molecule has 0 radical (unpaired) electrons. The van der Waals surface area contributed by atoms with Gasteiger partial charge in [0.05, 0.1) is 18.1 Å². The number of fused-ring (bicyclic) bond motifs is 3. The number of aryl methyl sites for hydroxylation is 1. The lowest BCUT2D eigenvalue weighted by molar-refractivity contribution is 0.0600. The van der Waals surface area contributed by atoms with Gasteiger partial charge in [0.2, 0.25) is 0 Å². The van der Waals surface area contributed by atoms with Crippen molar-refractivity contribution >= 4 is 27.7 Å². The molecule has 3 aromatic carbocycles. The maximum Gasteiger partial charge on any atom is 0.344 e. The lowest BCUT2D eigenvalue weighted by Crippen LogP contribution is -2.04. The Morgan fingerprint density at radius 1 is 0.909 bits per heavy atom. The van der Waals surface area contributed by atoms with E-state index >= 15 is 0 Å². The van der Waals surface area contributed by atoms with Crippen molar-refractivity contribution in [1.82, 2.24) is 0 Å². The van der Waals surface area contributed by atoms with Crippen LogP contribution in [0.4, 0.5) is 0 Å². The number of hydrogen-bond donors (Lipinski definition) is 0. The van der Waals surface area contributed by atoms with Crippen LogP contribution in [0.5, 0.6) is 5.75 Å². The number of hydrogen-bond acceptors (Lipinski definition) is 5. The van der Waals surface area contributed by atoms with Crippen molar-refractivity contribution in [3.63, 3.8) is 0 Å². The quantitative estimate of drug-likeness (QED) is 0.129. The molecule has 4 aromatic rings. The molecule has 1 aromatic heterocycles. The minimum Gasteiger partial charge on any atom is -0.488 e. The summed E-state index contributed by atoms with van der Waals surface area (Å²) in [6.07, 6.45) is 5.50. The molecule has 0 atom stereocenters. The second-order valence-electron chi connectivity index (χ2n) is 8.18. The summed E-state index contributed by atoms with van der Waals surface area (Å²) >= 11 is 0. The highest BCUT2D eigenvalue weighted by atomic mass is 16.5. The summed E-state index contributed by atoms with van der Waals surface area (Å²) in [6.45, 7) is 2.54. The molecule has 1 heterocycles. The molecular weight excluding hydrogens is 416 g/mol. The normalized spacial score (nSPS) is 11.1. The highest BCUT2D eigenvalue weighted by molar-refractivity contribution is 6.04. The Morgan fingerprint density at radius 3 is 2.39 bits per heavy atom. The Bertz CT molecular complexity index is 1320. The molecule has 0 bridgehead atoms. The van der Waals surface area contributed by atoms with Crippen molar-refractivity contribution < 1.29 is 18.7 Å². The van der Waals surface area contributed by atoms with Crippen LogP contribution in [0.1, 0.15) is 54.1 Å². The number of benzene rings is 3. The van der Waals surface area contributed by atoms with Crippen molar-refractivity contribution in [2.24, 2.45) is 0 Å². The van der Waals surface area contributed by atoms with Crippen LogP contribution in [0.25, 0.3) is 21.7 Å². The predicted octanol–water partition coefficient (Wildman–Crippen LogP) is 6.43. The van der Waals surface area contributed by atoms with Gasteiger partial charge in [-0.15, -0.1) is 0 Å². The van der Waals surface area contributed by atoms with Crippen molar-refractivity contribution in [3.8, 4) is 5.75 Å². The summed E-state index contributed by atoms with van der Waals surface area (Å²) in [4.78, 5) is 24.1. The standard InChI is InChI=1S/C28H28O5/c1-3-4-5-6-9-21-16-24-22-10-7-8-11-23(22)28(30)33-26(24)17-25(21)32-18-19-12-14-20(15-13-19)27(29)31-2/h7-8,10-17H,3-6,9,18H2,1-2H3. The van der Waals surface area contributed by atoms with Crippen LogP contribution in [-0.2, 0) is 17.8 Å². The van der Waals surface area contributed by atoms with Gasteiger partial charge in [0.25, 0.3) is 0 Å².